The highest BCUT2D eigenvalue weighted by Crippen LogP contribution is 2.29. The van der Waals surface area contributed by atoms with Gasteiger partial charge in [0.2, 0.25) is 10.0 Å². The number of fused-ring (bicyclic) bond motifs is 1. The van der Waals surface area contributed by atoms with E-state index in [4.69, 9.17) is 9.15 Å². The summed E-state index contributed by atoms with van der Waals surface area (Å²) in [6.07, 6.45) is 3.52. The number of esters is 1. The molecule has 1 unspecified atom stereocenters. The van der Waals surface area contributed by atoms with Crippen LogP contribution in [0.25, 0.3) is 11.0 Å². The molecule has 34 heavy (non-hydrogen) atoms. The van der Waals surface area contributed by atoms with Crippen LogP contribution in [0.15, 0.2) is 56.6 Å². The van der Waals surface area contributed by atoms with Gasteiger partial charge >= 0.3 is 11.6 Å². The minimum atomic E-state index is -3.91. The lowest BCUT2D eigenvalue weighted by Crippen LogP contribution is -2.42. The van der Waals surface area contributed by atoms with Gasteiger partial charge in [-0.1, -0.05) is 44.4 Å². The first-order chi connectivity index (χ1) is 16.2. The highest BCUT2D eigenvalue weighted by atomic mass is 32.2. The van der Waals surface area contributed by atoms with Gasteiger partial charge in [0.1, 0.15) is 17.4 Å². The summed E-state index contributed by atoms with van der Waals surface area (Å²) in [5.74, 6) is -0.492. The molecule has 2 aromatic carbocycles. The van der Waals surface area contributed by atoms with Gasteiger partial charge in [0.15, 0.2) is 0 Å². The lowest BCUT2D eigenvalue weighted by Gasteiger charge is -2.18. The molecule has 182 valence electrons. The van der Waals surface area contributed by atoms with Crippen LogP contribution in [0.4, 0.5) is 0 Å². The van der Waals surface area contributed by atoms with Crippen molar-refractivity contribution in [2.45, 2.75) is 70.7 Å². The average Bonchev–Trinajstić information content (AvgIpc) is 2.79. The van der Waals surface area contributed by atoms with Crippen molar-refractivity contribution in [3.05, 3.63) is 69.6 Å². The number of benzene rings is 2. The topological polar surface area (TPSA) is 103 Å². The molecule has 3 aromatic rings. The fraction of sp³-hybridized carbons (Fsp3) is 0.385. The van der Waals surface area contributed by atoms with E-state index in [1.54, 1.807) is 31.2 Å². The molecule has 0 aliphatic rings. The highest BCUT2D eigenvalue weighted by Gasteiger charge is 2.27. The number of aryl methyl sites for hydroxylation is 3. The van der Waals surface area contributed by atoms with Crippen LogP contribution in [0.3, 0.4) is 0 Å². The van der Waals surface area contributed by atoms with Crippen LogP contribution in [-0.4, -0.2) is 20.4 Å². The summed E-state index contributed by atoms with van der Waals surface area (Å²) in [5.41, 5.74) is 2.25. The lowest BCUT2D eigenvalue weighted by molar-refractivity contribution is -0.136. The summed E-state index contributed by atoms with van der Waals surface area (Å²) >= 11 is 0. The maximum Gasteiger partial charge on any atom is 0.336 e. The quantitative estimate of drug-likeness (QED) is 0.251. The fourth-order valence-electron chi connectivity index (χ4n) is 3.76. The zero-order chi connectivity index (χ0) is 24.9. The molecule has 0 saturated heterocycles. The first-order valence-corrected chi connectivity index (χ1v) is 13.0. The number of rotatable bonds is 10. The molecule has 0 aliphatic carbocycles. The van der Waals surface area contributed by atoms with Crippen molar-refractivity contribution in [1.82, 2.24) is 4.72 Å². The predicted molar refractivity (Wildman–Crippen MR) is 132 cm³/mol. The summed E-state index contributed by atoms with van der Waals surface area (Å²) in [6, 6.07) is 10.3. The SMILES string of the molecule is CCCCc1cc(=O)oc2c(C)c(OC(=O)C(CCC)NS(=O)(=O)c3ccc(C)cc3)ccc12. The summed E-state index contributed by atoms with van der Waals surface area (Å²) in [5, 5.41) is 0.801. The molecule has 7 nitrogen and oxygen atoms in total. The Balaban J connectivity index is 1.88. The zero-order valence-corrected chi connectivity index (χ0v) is 20.8. The maximum absolute atomic E-state index is 13.0. The highest BCUT2D eigenvalue weighted by molar-refractivity contribution is 7.89. The largest absolute Gasteiger partial charge is 0.425 e. The van der Waals surface area contributed by atoms with Gasteiger partial charge in [-0.25, -0.2) is 18.0 Å². The van der Waals surface area contributed by atoms with E-state index < -0.39 is 27.7 Å². The maximum atomic E-state index is 13.0. The summed E-state index contributed by atoms with van der Waals surface area (Å²) < 4.78 is 39.1. The Hall–Kier alpha value is -2.97. The third-order valence-corrected chi connectivity index (χ3v) is 7.19. The first-order valence-electron chi connectivity index (χ1n) is 11.5. The van der Waals surface area contributed by atoms with Crippen LogP contribution in [-0.2, 0) is 21.2 Å². The van der Waals surface area contributed by atoms with Gasteiger partial charge in [-0.05, 0) is 62.9 Å². The number of nitrogens with one attached hydrogen (secondary N) is 1. The number of ether oxygens (including phenoxy) is 1. The van der Waals surface area contributed by atoms with Crippen molar-refractivity contribution in [3.8, 4) is 5.75 Å². The lowest BCUT2D eigenvalue weighted by atomic mass is 10.0. The van der Waals surface area contributed by atoms with Gasteiger partial charge < -0.3 is 9.15 Å². The van der Waals surface area contributed by atoms with Crippen molar-refractivity contribution in [2.75, 3.05) is 0 Å². The van der Waals surface area contributed by atoms with Crippen molar-refractivity contribution < 1.29 is 22.4 Å². The van der Waals surface area contributed by atoms with E-state index in [2.05, 4.69) is 11.6 Å². The molecular formula is C26H31NO6S. The van der Waals surface area contributed by atoms with Gasteiger partial charge in [0, 0.05) is 17.0 Å². The van der Waals surface area contributed by atoms with E-state index >= 15 is 0 Å². The Kier molecular flexibility index (Phi) is 8.28. The van der Waals surface area contributed by atoms with Gasteiger partial charge in [-0.2, -0.15) is 4.72 Å². The summed E-state index contributed by atoms with van der Waals surface area (Å²) in [6.45, 7) is 7.51. The molecule has 0 spiro atoms. The molecule has 0 saturated carbocycles. The van der Waals surface area contributed by atoms with Crippen LogP contribution >= 0.6 is 0 Å². The van der Waals surface area contributed by atoms with Gasteiger partial charge in [-0.15, -0.1) is 0 Å². The van der Waals surface area contributed by atoms with Crippen LogP contribution in [0, 0.1) is 13.8 Å². The number of hydrogen-bond acceptors (Lipinski definition) is 6. The predicted octanol–water partition coefficient (Wildman–Crippen LogP) is 4.81. The standard InChI is InChI=1S/C26H31NO6S/c1-5-7-9-19-16-24(28)33-25-18(4)23(15-14-21(19)25)32-26(29)22(8-6-2)27-34(30,31)20-12-10-17(3)11-13-20/h10-16,22,27H,5-9H2,1-4H3. The molecule has 1 N–H and O–H groups in total. The van der Waals surface area contributed by atoms with Crippen LogP contribution in [0.1, 0.15) is 56.2 Å². The van der Waals surface area contributed by atoms with E-state index in [9.17, 15) is 18.0 Å². The van der Waals surface area contributed by atoms with Gasteiger partial charge in [-0.3, -0.25) is 0 Å². The van der Waals surface area contributed by atoms with Crippen molar-refractivity contribution in [1.29, 1.82) is 0 Å². The molecule has 0 aliphatic heterocycles. The van der Waals surface area contributed by atoms with E-state index in [1.807, 2.05) is 13.8 Å². The third kappa shape index (κ3) is 5.93. The zero-order valence-electron chi connectivity index (χ0n) is 20.0. The number of sulfonamides is 1. The summed E-state index contributed by atoms with van der Waals surface area (Å²) in [7, 11) is -3.91. The molecule has 0 fully saturated rings. The fourth-order valence-corrected chi connectivity index (χ4v) is 4.98. The Morgan fingerprint density at radius 2 is 1.76 bits per heavy atom. The van der Waals surface area contributed by atoms with Gasteiger partial charge in [0.25, 0.3) is 0 Å². The van der Waals surface area contributed by atoms with Crippen molar-refractivity contribution in [2.24, 2.45) is 0 Å². The number of hydrogen-bond donors (Lipinski definition) is 1. The number of unbranched alkanes of at least 4 members (excludes halogenated alkanes) is 1. The second-order valence-electron chi connectivity index (χ2n) is 8.46. The van der Waals surface area contributed by atoms with Gasteiger partial charge in [0.05, 0.1) is 4.90 Å². The monoisotopic (exact) mass is 485 g/mol. The minimum absolute atomic E-state index is 0.0790. The van der Waals surface area contributed by atoms with Crippen LogP contribution in [0.5, 0.6) is 5.75 Å². The Bertz CT molecular complexity index is 1330. The second kappa shape index (κ2) is 11.0. The molecule has 0 radical (unpaired) electrons. The Morgan fingerprint density at radius 1 is 1.06 bits per heavy atom. The third-order valence-electron chi connectivity index (χ3n) is 5.70. The number of carbonyl (C=O) groups excluding carboxylic acids is 1. The first kappa shape index (κ1) is 25.6. The molecule has 0 amide bonds. The van der Waals surface area contributed by atoms with Crippen molar-refractivity contribution in [3.63, 3.8) is 0 Å². The normalized spacial score (nSPS) is 12.6. The molecule has 1 heterocycles. The molecular weight excluding hydrogens is 454 g/mol. The average molecular weight is 486 g/mol. The van der Waals surface area contributed by atoms with E-state index in [0.717, 1.165) is 35.8 Å². The van der Waals surface area contributed by atoms with Crippen molar-refractivity contribution >= 4 is 27.0 Å². The number of carbonyl (C=O) groups is 1. The summed E-state index contributed by atoms with van der Waals surface area (Å²) in [4.78, 5) is 25.2. The smallest absolute Gasteiger partial charge is 0.336 e. The van der Waals surface area contributed by atoms with E-state index in [0.29, 0.717) is 17.6 Å². The molecule has 1 aromatic heterocycles. The van der Waals surface area contributed by atoms with E-state index in [-0.39, 0.29) is 17.1 Å². The minimum Gasteiger partial charge on any atom is -0.425 e. The van der Waals surface area contributed by atoms with E-state index in [1.165, 1.54) is 18.2 Å². The molecule has 8 heteroatoms. The second-order valence-corrected chi connectivity index (χ2v) is 10.2. The Labute approximate surface area is 200 Å². The van der Waals surface area contributed by atoms with Crippen LogP contribution < -0.4 is 15.1 Å². The molecule has 0 bridgehead atoms. The van der Waals surface area contributed by atoms with Crippen LogP contribution in [0.2, 0.25) is 0 Å². The molecule has 3 rings (SSSR count). The molecule has 1 atom stereocenters. The Morgan fingerprint density at radius 3 is 2.41 bits per heavy atom.